The lowest BCUT2D eigenvalue weighted by atomic mass is 10.1. The van der Waals surface area contributed by atoms with Crippen molar-refractivity contribution in [2.24, 2.45) is 0 Å². The third kappa shape index (κ3) is 4.53. The maximum Gasteiger partial charge on any atom is 0.340 e. The van der Waals surface area contributed by atoms with Crippen LogP contribution in [0, 0.1) is 0 Å². The zero-order chi connectivity index (χ0) is 17.7. The van der Waals surface area contributed by atoms with Gasteiger partial charge in [0.15, 0.2) is 6.17 Å². The minimum atomic E-state index is -2.95. The average Bonchev–Trinajstić information content (AvgIpc) is 2.55. The zero-order valence-electron chi connectivity index (χ0n) is 13.6. The number of halogens is 3. The Kier molecular flexibility index (Phi) is 6.30. The number of benzene rings is 1. The van der Waals surface area contributed by atoms with Crippen LogP contribution in [0.1, 0.15) is 17.3 Å². The number of alkyl halides is 3. The van der Waals surface area contributed by atoms with Crippen LogP contribution in [0.5, 0.6) is 0 Å². The summed E-state index contributed by atoms with van der Waals surface area (Å²) >= 11 is 0. The summed E-state index contributed by atoms with van der Waals surface area (Å²) in [7, 11) is 0. The molecule has 5 nitrogen and oxygen atoms in total. The largest absolute Gasteiger partial charge is 0.462 e. The van der Waals surface area contributed by atoms with Gasteiger partial charge in [0.2, 0.25) is 0 Å². The highest BCUT2D eigenvalue weighted by atomic mass is 19.3. The molecule has 8 heteroatoms. The number of anilines is 2. The highest BCUT2D eigenvalue weighted by Gasteiger charge is 2.25. The third-order valence-corrected chi connectivity index (χ3v) is 3.97. The standard InChI is InChI=1S/C16H22F3N3O2/c1-2-24-16(23)12-4-3-11(9-14(12)20)22-7-5-21(6-8-22)10-13(17)15(18)19/h3-4,9,13,15H,2,5-8,10,20H2,1H3. The van der Waals surface area contributed by atoms with Gasteiger partial charge in [0.05, 0.1) is 12.2 Å². The maximum atomic E-state index is 13.1. The van der Waals surface area contributed by atoms with Crippen molar-refractivity contribution in [3.63, 3.8) is 0 Å². The second kappa shape index (κ2) is 8.23. The van der Waals surface area contributed by atoms with Crippen LogP contribution in [0.2, 0.25) is 0 Å². The molecule has 0 aliphatic carbocycles. The van der Waals surface area contributed by atoms with Crippen LogP contribution in [0.15, 0.2) is 18.2 Å². The van der Waals surface area contributed by atoms with Crippen molar-refractivity contribution >= 4 is 17.3 Å². The predicted octanol–water partition coefficient (Wildman–Crippen LogP) is 2.17. The van der Waals surface area contributed by atoms with Crippen LogP contribution in [0.25, 0.3) is 0 Å². The molecule has 1 heterocycles. The van der Waals surface area contributed by atoms with Crippen LogP contribution in [-0.2, 0) is 4.74 Å². The van der Waals surface area contributed by atoms with Crippen molar-refractivity contribution in [3.8, 4) is 0 Å². The van der Waals surface area contributed by atoms with E-state index in [9.17, 15) is 18.0 Å². The SMILES string of the molecule is CCOC(=O)c1ccc(N2CCN(CC(F)C(F)F)CC2)cc1N. The molecule has 0 saturated carbocycles. The Morgan fingerprint density at radius 1 is 1.25 bits per heavy atom. The van der Waals surface area contributed by atoms with E-state index in [1.165, 1.54) is 0 Å². The van der Waals surface area contributed by atoms with E-state index in [-0.39, 0.29) is 13.2 Å². The molecule has 1 aromatic carbocycles. The first-order valence-corrected chi connectivity index (χ1v) is 7.88. The van der Waals surface area contributed by atoms with Gasteiger partial charge in [-0.05, 0) is 25.1 Å². The van der Waals surface area contributed by atoms with E-state index in [1.54, 1.807) is 30.0 Å². The number of nitrogens with zero attached hydrogens (tertiary/aromatic N) is 2. The molecule has 1 unspecified atom stereocenters. The number of ether oxygens (including phenoxy) is 1. The molecule has 1 saturated heterocycles. The van der Waals surface area contributed by atoms with E-state index in [1.807, 2.05) is 4.90 Å². The van der Waals surface area contributed by atoms with E-state index in [0.29, 0.717) is 37.4 Å². The van der Waals surface area contributed by atoms with Gasteiger partial charge >= 0.3 is 5.97 Å². The number of nitrogen functional groups attached to an aromatic ring is 1. The van der Waals surface area contributed by atoms with Gasteiger partial charge in [0.1, 0.15) is 0 Å². The zero-order valence-corrected chi connectivity index (χ0v) is 13.6. The number of piperazine rings is 1. The Bertz CT molecular complexity index is 563. The van der Waals surface area contributed by atoms with Crippen molar-refractivity contribution in [2.75, 3.05) is 50.0 Å². The summed E-state index contributed by atoms with van der Waals surface area (Å²) in [6.45, 7) is 3.88. The van der Waals surface area contributed by atoms with E-state index in [0.717, 1.165) is 5.69 Å². The molecule has 0 aromatic heterocycles. The fraction of sp³-hybridized carbons (Fsp3) is 0.562. The molecule has 1 atom stereocenters. The predicted molar refractivity (Wildman–Crippen MR) is 86.4 cm³/mol. The van der Waals surface area contributed by atoms with Crippen LogP contribution >= 0.6 is 0 Å². The van der Waals surface area contributed by atoms with Crippen molar-refractivity contribution < 1.29 is 22.7 Å². The summed E-state index contributed by atoms with van der Waals surface area (Å²) in [4.78, 5) is 15.4. The van der Waals surface area contributed by atoms with Gasteiger partial charge in [0, 0.05) is 44.1 Å². The maximum absolute atomic E-state index is 13.1. The number of esters is 1. The molecule has 1 aliphatic heterocycles. The topological polar surface area (TPSA) is 58.8 Å². The Balaban J connectivity index is 1.94. The first-order chi connectivity index (χ1) is 11.4. The second-order valence-electron chi connectivity index (χ2n) is 5.63. The first kappa shape index (κ1) is 18.4. The van der Waals surface area contributed by atoms with Crippen LogP contribution in [0.3, 0.4) is 0 Å². The highest BCUT2D eigenvalue weighted by Crippen LogP contribution is 2.23. The summed E-state index contributed by atoms with van der Waals surface area (Å²) < 4.78 is 42.6. The van der Waals surface area contributed by atoms with Crippen molar-refractivity contribution in [2.45, 2.75) is 19.5 Å². The smallest absolute Gasteiger partial charge is 0.340 e. The summed E-state index contributed by atoms with van der Waals surface area (Å²) in [6.07, 6.45) is -5.06. The molecular weight excluding hydrogens is 323 g/mol. The molecule has 1 aromatic rings. The monoisotopic (exact) mass is 345 g/mol. The highest BCUT2D eigenvalue weighted by molar-refractivity contribution is 5.95. The Morgan fingerprint density at radius 3 is 2.46 bits per heavy atom. The van der Waals surface area contributed by atoms with Gasteiger partial charge < -0.3 is 15.4 Å². The van der Waals surface area contributed by atoms with Crippen LogP contribution < -0.4 is 10.6 Å². The normalized spacial score (nSPS) is 17.1. The summed E-state index contributed by atoms with van der Waals surface area (Å²) in [6, 6.07) is 5.08. The number of hydrogen-bond acceptors (Lipinski definition) is 5. The van der Waals surface area contributed by atoms with Gasteiger partial charge in [-0.25, -0.2) is 18.0 Å². The number of carbonyl (C=O) groups excluding carboxylic acids is 1. The molecule has 2 N–H and O–H groups in total. The molecule has 1 aliphatic rings. The van der Waals surface area contributed by atoms with Crippen LogP contribution in [-0.4, -0.2) is 62.8 Å². The van der Waals surface area contributed by atoms with E-state index < -0.39 is 18.6 Å². The number of hydrogen-bond donors (Lipinski definition) is 1. The molecule has 0 bridgehead atoms. The fourth-order valence-corrected chi connectivity index (χ4v) is 2.66. The lowest BCUT2D eigenvalue weighted by molar-refractivity contribution is 0.0267. The van der Waals surface area contributed by atoms with Crippen molar-refractivity contribution in [1.29, 1.82) is 0 Å². The molecule has 0 radical (unpaired) electrons. The lowest BCUT2D eigenvalue weighted by Gasteiger charge is -2.36. The Hall–Kier alpha value is -1.96. The van der Waals surface area contributed by atoms with Gasteiger partial charge in [-0.15, -0.1) is 0 Å². The average molecular weight is 345 g/mol. The van der Waals surface area contributed by atoms with E-state index in [4.69, 9.17) is 10.5 Å². The molecule has 0 spiro atoms. The minimum absolute atomic E-state index is 0.255. The number of rotatable bonds is 6. The van der Waals surface area contributed by atoms with Crippen LogP contribution in [0.4, 0.5) is 24.5 Å². The minimum Gasteiger partial charge on any atom is -0.462 e. The molecular formula is C16H22F3N3O2. The molecule has 2 rings (SSSR count). The van der Waals surface area contributed by atoms with Crippen molar-refractivity contribution in [1.82, 2.24) is 4.90 Å². The second-order valence-corrected chi connectivity index (χ2v) is 5.63. The molecule has 24 heavy (non-hydrogen) atoms. The lowest BCUT2D eigenvalue weighted by Crippen LogP contribution is -2.48. The summed E-state index contributed by atoms with van der Waals surface area (Å²) in [5, 5.41) is 0. The third-order valence-electron chi connectivity index (χ3n) is 3.97. The van der Waals surface area contributed by atoms with Gasteiger partial charge in [0.25, 0.3) is 6.43 Å². The molecule has 1 fully saturated rings. The number of nitrogens with two attached hydrogens (primary N) is 1. The Morgan fingerprint density at radius 2 is 1.92 bits per heavy atom. The van der Waals surface area contributed by atoms with E-state index in [2.05, 4.69) is 0 Å². The van der Waals surface area contributed by atoms with Gasteiger partial charge in [-0.3, -0.25) is 4.90 Å². The number of carbonyl (C=O) groups is 1. The quantitative estimate of drug-likeness (QED) is 0.633. The van der Waals surface area contributed by atoms with Gasteiger partial charge in [-0.2, -0.15) is 0 Å². The molecule has 134 valence electrons. The Labute approximate surface area is 139 Å². The first-order valence-electron chi connectivity index (χ1n) is 7.88. The fourth-order valence-electron chi connectivity index (χ4n) is 2.66. The summed E-state index contributed by atoms with van der Waals surface area (Å²) in [5.74, 6) is -0.465. The molecule has 0 amide bonds. The van der Waals surface area contributed by atoms with Crippen molar-refractivity contribution in [3.05, 3.63) is 23.8 Å². The van der Waals surface area contributed by atoms with Gasteiger partial charge in [-0.1, -0.05) is 0 Å². The summed E-state index contributed by atoms with van der Waals surface area (Å²) in [5.41, 5.74) is 7.40. The van der Waals surface area contributed by atoms with E-state index >= 15 is 0 Å².